The van der Waals surface area contributed by atoms with Crippen LogP contribution in [0.15, 0.2) is 54.1 Å². The zero-order valence-corrected chi connectivity index (χ0v) is 17.4. The number of amides is 1. The summed E-state index contributed by atoms with van der Waals surface area (Å²) >= 11 is 0. The number of hydrogen-bond donors (Lipinski definition) is 1. The van der Waals surface area contributed by atoms with Crippen LogP contribution in [-0.4, -0.2) is 39.8 Å². The number of carbonyl (C=O) groups excluding carboxylic acids is 2. The number of ketones is 1. The Morgan fingerprint density at radius 1 is 1.16 bits per heavy atom. The molecule has 1 saturated heterocycles. The highest BCUT2D eigenvalue weighted by Gasteiger charge is 2.45. The van der Waals surface area contributed by atoms with Crippen LogP contribution in [0.25, 0.3) is 5.76 Å². The van der Waals surface area contributed by atoms with E-state index in [1.54, 1.807) is 24.3 Å². The molecule has 1 unspecified atom stereocenters. The topological polar surface area (TPSA) is 110 Å². The van der Waals surface area contributed by atoms with E-state index >= 15 is 0 Å². The third-order valence-corrected chi connectivity index (χ3v) is 5.11. The predicted octanol–water partition coefficient (Wildman–Crippen LogP) is 4.22. The van der Waals surface area contributed by atoms with Gasteiger partial charge in [-0.3, -0.25) is 19.7 Å². The van der Waals surface area contributed by atoms with E-state index in [0.29, 0.717) is 30.9 Å². The first-order chi connectivity index (χ1) is 14.9. The fourth-order valence-corrected chi connectivity index (χ4v) is 3.65. The molecule has 0 saturated carbocycles. The zero-order valence-electron chi connectivity index (χ0n) is 17.4. The number of carbonyl (C=O) groups is 2. The van der Waals surface area contributed by atoms with E-state index in [0.717, 1.165) is 6.42 Å². The van der Waals surface area contributed by atoms with Gasteiger partial charge in [-0.2, -0.15) is 0 Å². The summed E-state index contributed by atoms with van der Waals surface area (Å²) in [6.45, 7) is 4.62. The number of nitrogens with zero attached hydrogens (tertiary/aromatic N) is 2. The van der Waals surface area contributed by atoms with E-state index in [1.807, 2.05) is 13.8 Å². The number of aliphatic hydroxyl groups excluding tert-OH is 1. The second kappa shape index (κ2) is 9.42. The van der Waals surface area contributed by atoms with Gasteiger partial charge in [0.2, 0.25) is 0 Å². The fraction of sp³-hybridized carbons (Fsp3) is 0.304. The largest absolute Gasteiger partial charge is 0.507 e. The first-order valence-electron chi connectivity index (χ1n) is 10.1. The van der Waals surface area contributed by atoms with Crippen molar-refractivity contribution in [2.45, 2.75) is 32.7 Å². The second-order valence-corrected chi connectivity index (χ2v) is 7.16. The molecule has 0 radical (unpaired) electrons. The SMILES string of the molecule is CCCCN1C(=O)C(=O)/C(=C(\O)c2cccc([N+](=O)[O-])c2)C1c1cccc(OCC)c1. The first kappa shape index (κ1) is 22.0. The molecule has 8 heteroatoms. The van der Waals surface area contributed by atoms with Crippen molar-refractivity contribution in [3.8, 4) is 5.75 Å². The normalized spacial score (nSPS) is 17.7. The van der Waals surface area contributed by atoms with Crippen molar-refractivity contribution < 1.29 is 24.4 Å². The Hall–Kier alpha value is -3.68. The Bertz CT molecular complexity index is 1050. The highest BCUT2D eigenvalue weighted by molar-refractivity contribution is 6.46. The third-order valence-electron chi connectivity index (χ3n) is 5.11. The molecule has 1 heterocycles. The quantitative estimate of drug-likeness (QED) is 0.223. The van der Waals surface area contributed by atoms with Crippen molar-refractivity contribution in [3.05, 3.63) is 75.3 Å². The first-order valence-corrected chi connectivity index (χ1v) is 10.1. The molecular formula is C23H24N2O6. The number of non-ortho nitro benzene ring substituents is 1. The van der Waals surface area contributed by atoms with Gasteiger partial charge >= 0.3 is 0 Å². The molecule has 0 aromatic heterocycles. The maximum absolute atomic E-state index is 12.9. The summed E-state index contributed by atoms with van der Waals surface area (Å²) in [5.41, 5.74) is 0.413. The van der Waals surface area contributed by atoms with Gasteiger partial charge in [0.1, 0.15) is 11.5 Å². The number of unbranched alkanes of at least 4 members (excludes halogenated alkanes) is 1. The standard InChI is InChI=1S/C23H24N2O6/c1-3-5-12-24-20(15-8-7-11-18(14-15)31-4-2)19(22(27)23(24)28)21(26)16-9-6-10-17(13-16)25(29)30/h6-11,13-14,20,26H,3-5,12H2,1-2H3/b21-19-. The number of nitro groups is 1. The molecule has 0 spiro atoms. The molecule has 0 aliphatic carbocycles. The number of rotatable bonds is 8. The van der Waals surface area contributed by atoms with Crippen LogP contribution in [0.3, 0.4) is 0 Å². The van der Waals surface area contributed by atoms with Gasteiger partial charge in [-0.1, -0.05) is 37.6 Å². The van der Waals surface area contributed by atoms with Gasteiger partial charge in [-0.05, 0) is 31.0 Å². The number of aliphatic hydroxyl groups is 1. The molecular weight excluding hydrogens is 400 g/mol. The van der Waals surface area contributed by atoms with Crippen LogP contribution in [0.2, 0.25) is 0 Å². The van der Waals surface area contributed by atoms with Crippen LogP contribution < -0.4 is 4.74 Å². The summed E-state index contributed by atoms with van der Waals surface area (Å²) in [4.78, 5) is 37.7. The van der Waals surface area contributed by atoms with Gasteiger partial charge in [0, 0.05) is 24.2 Å². The average molecular weight is 424 g/mol. The van der Waals surface area contributed by atoms with Crippen molar-refractivity contribution in [2.24, 2.45) is 0 Å². The van der Waals surface area contributed by atoms with E-state index in [4.69, 9.17) is 4.74 Å². The lowest BCUT2D eigenvalue weighted by Crippen LogP contribution is -2.30. The Labute approximate surface area is 179 Å². The number of likely N-dealkylation sites (tertiary alicyclic amines) is 1. The summed E-state index contributed by atoms with van der Waals surface area (Å²) in [7, 11) is 0. The van der Waals surface area contributed by atoms with Crippen molar-refractivity contribution in [2.75, 3.05) is 13.2 Å². The maximum atomic E-state index is 12.9. The molecule has 0 bridgehead atoms. The van der Waals surface area contributed by atoms with Crippen LogP contribution in [0.5, 0.6) is 5.75 Å². The van der Waals surface area contributed by atoms with Crippen LogP contribution in [-0.2, 0) is 9.59 Å². The van der Waals surface area contributed by atoms with Gasteiger partial charge in [0.05, 0.1) is 23.1 Å². The van der Waals surface area contributed by atoms with Crippen molar-refractivity contribution in [1.82, 2.24) is 4.90 Å². The summed E-state index contributed by atoms with van der Waals surface area (Å²) in [5, 5.41) is 22.1. The second-order valence-electron chi connectivity index (χ2n) is 7.16. The molecule has 1 atom stereocenters. The molecule has 1 aliphatic rings. The molecule has 2 aromatic carbocycles. The summed E-state index contributed by atoms with van der Waals surface area (Å²) in [6.07, 6.45) is 1.51. The zero-order chi connectivity index (χ0) is 22.5. The molecule has 8 nitrogen and oxygen atoms in total. The lowest BCUT2D eigenvalue weighted by molar-refractivity contribution is -0.384. The Morgan fingerprint density at radius 3 is 2.58 bits per heavy atom. The minimum atomic E-state index is -0.814. The van der Waals surface area contributed by atoms with Gasteiger partial charge in [-0.25, -0.2) is 0 Å². The van der Waals surface area contributed by atoms with E-state index in [-0.39, 0.29) is 16.8 Å². The number of nitro benzene ring substituents is 1. The molecule has 1 N–H and O–H groups in total. The number of ether oxygens (including phenoxy) is 1. The Balaban J connectivity index is 2.17. The van der Waals surface area contributed by atoms with Gasteiger partial charge in [0.25, 0.3) is 17.4 Å². The number of benzene rings is 2. The third kappa shape index (κ3) is 4.42. The van der Waals surface area contributed by atoms with Crippen molar-refractivity contribution in [3.63, 3.8) is 0 Å². The number of Topliss-reactive ketones (excluding diaryl/α,β-unsaturated/α-hetero) is 1. The summed E-state index contributed by atoms with van der Waals surface area (Å²) < 4.78 is 5.56. The monoisotopic (exact) mass is 424 g/mol. The lowest BCUT2D eigenvalue weighted by atomic mass is 9.95. The lowest BCUT2D eigenvalue weighted by Gasteiger charge is -2.25. The van der Waals surface area contributed by atoms with Crippen molar-refractivity contribution in [1.29, 1.82) is 0 Å². The van der Waals surface area contributed by atoms with E-state index < -0.39 is 28.4 Å². The fourth-order valence-electron chi connectivity index (χ4n) is 3.65. The maximum Gasteiger partial charge on any atom is 0.295 e. The van der Waals surface area contributed by atoms with Crippen LogP contribution in [0, 0.1) is 10.1 Å². The molecule has 1 amide bonds. The van der Waals surface area contributed by atoms with Crippen LogP contribution >= 0.6 is 0 Å². The molecule has 3 rings (SSSR count). The summed E-state index contributed by atoms with van der Waals surface area (Å²) in [6, 6.07) is 11.6. The van der Waals surface area contributed by atoms with Gasteiger partial charge in [-0.15, -0.1) is 0 Å². The molecule has 31 heavy (non-hydrogen) atoms. The molecule has 1 aliphatic heterocycles. The Morgan fingerprint density at radius 2 is 1.90 bits per heavy atom. The average Bonchev–Trinajstić information content (AvgIpc) is 3.02. The van der Waals surface area contributed by atoms with Crippen LogP contribution in [0.1, 0.15) is 43.9 Å². The Kier molecular flexibility index (Phi) is 6.69. The minimum Gasteiger partial charge on any atom is -0.507 e. The summed E-state index contributed by atoms with van der Waals surface area (Å²) in [5.74, 6) is -1.37. The van der Waals surface area contributed by atoms with Crippen LogP contribution in [0.4, 0.5) is 5.69 Å². The highest BCUT2D eigenvalue weighted by atomic mass is 16.6. The van der Waals surface area contributed by atoms with Gasteiger partial charge < -0.3 is 14.7 Å². The number of hydrogen-bond acceptors (Lipinski definition) is 6. The van der Waals surface area contributed by atoms with E-state index in [9.17, 15) is 24.8 Å². The highest BCUT2D eigenvalue weighted by Crippen LogP contribution is 2.40. The van der Waals surface area contributed by atoms with Crippen molar-refractivity contribution >= 4 is 23.1 Å². The van der Waals surface area contributed by atoms with E-state index in [1.165, 1.54) is 29.2 Å². The predicted molar refractivity (Wildman–Crippen MR) is 115 cm³/mol. The molecule has 1 fully saturated rings. The molecule has 2 aromatic rings. The minimum absolute atomic E-state index is 0.0877. The smallest absolute Gasteiger partial charge is 0.295 e. The van der Waals surface area contributed by atoms with E-state index in [2.05, 4.69) is 0 Å². The molecule has 162 valence electrons. The van der Waals surface area contributed by atoms with Gasteiger partial charge in [0.15, 0.2) is 0 Å².